The number of amides is 1. The quantitative estimate of drug-likeness (QED) is 0.219. The minimum atomic E-state index is -1.26. The van der Waals surface area contributed by atoms with E-state index in [-0.39, 0.29) is 11.7 Å². The number of carboxylic acid groups (broad SMARTS) is 2. The van der Waals surface area contributed by atoms with E-state index in [2.05, 4.69) is 43.4 Å². The Hall–Kier alpha value is -4.47. The first kappa shape index (κ1) is 36.4. The first-order chi connectivity index (χ1) is 23.1. The van der Waals surface area contributed by atoms with Crippen LogP contribution in [0.2, 0.25) is 0 Å². The number of aryl methyl sites for hydroxylation is 1. The van der Waals surface area contributed by atoms with Gasteiger partial charge in [-0.2, -0.15) is 0 Å². The number of nitrogens with one attached hydrogen (secondary N) is 2. The van der Waals surface area contributed by atoms with E-state index in [1.807, 2.05) is 19.1 Å². The highest BCUT2D eigenvalue weighted by atomic mass is 16.5. The zero-order valence-corrected chi connectivity index (χ0v) is 28.0. The van der Waals surface area contributed by atoms with Crippen LogP contribution in [0.1, 0.15) is 48.8 Å². The fourth-order valence-corrected chi connectivity index (χ4v) is 6.08. The maximum absolute atomic E-state index is 12.3. The van der Waals surface area contributed by atoms with Crippen LogP contribution in [0.4, 0.5) is 23.0 Å². The topological polar surface area (TPSA) is 196 Å². The summed E-state index contributed by atoms with van der Waals surface area (Å²) in [6.45, 7) is 10.0. The standard InChI is InChI=1S/C29H44N8O3.C4H4O4/c1-4-23-28(31-20-9-17-40-18-10-20)34-29(26(33-23)27(30)38)32-21-5-6-24(25(19-21)39-3)37-11-7-22(8-12-37)36-15-13-35(2)14-16-36;5-3(6)1-2-4(7)8/h5-6,19-20,22H,4,7-18H2,1-3H3,(H2,30,38)(H2,31,32,34);1-2H,(H,5,6)(H,7,8)/b;2-1+. The monoisotopic (exact) mass is 668 g/mol. The van der Waals surface area contributed by atoms with Crippen LogP contribution in [0.5, 0.6) is 5.75 Å². The summed E-state index contributed by atoms with van der Waals surface area (Å²) in [6, 6.07) is 6.93. The zero-order chi connectivity index (χ0) is 34.6. The lowest BCUT2D eigenvalue weighted by Gasteiger charge is -2.42. The van der Waals surface area contributed by atoms with Crippen molar-refractivity contribution in [3.05, 3.63) is 41.7 Å². The van der Waals surface area contributed by atoms with Crippen LogP contribution >= 0.6 is 0 Å². The molecular weight excluding hydrogens is 620 g/mol. The van der Waals surface area contributed by atoms with Gasteiger partial charge in [0.1, 0.15) is 5.75 Å². The Labute approximate surface area is 281 Å². The van der Waals surface area contributed by atoms with Crippen LogP contribution in [0.15, 0.2) is 30.4 Å². The predicted octanol–water partition coefficient (Wildman–Crippen LogP) is 2.41. The van der Waals surface area contributed by atoms with Gasteiger partial charge < -0.3 is 45.9 Å². The van der Waals surface area contributed by atoms with Gasteiger partial charge in [0.25, 0.3) is 5.91 Å². The number of rotatable bonds is 11. The molecule has 0 saturated carbocycles. The van der Waals surface area contributed by atoms with Crippen molar-refractivity contribution in [2.75, 3.05) is 82.2 Å². The summed E-state index contributed by atoms with van der Waals surface area (Å²) in [5, 5.41) is 22.4. The zero-order valence-electron chi connectivity index (χ0n) is 28.0. The molecule has 6 N–H and O–H groups in total. The Morgan fingerprint density at radius 3 is 2.19 bits per heavy atom. The molecule has 0 atom stereocenters. The summed E-state index contributed by atoms with van der Waals surface area (Å²) < 4.78 is 11.3. The molecule has 0 radical (unpaired) electrons. The molecule has 1 aromatic carbocycles. The molecule has 15 nitrogen and oxygen atoms in total. The van der Waals surface area contributed by atoms with Crippen molar-refractivity contribution >= 4 is 40.9 Å². The Morgan fingerprint density at radius 1 is 0.979 bits per heavy atom. The lowest BCUT2D eigenvalue weighted by Crippen LogP contribution is -2.52. The molecule has 0 bridgehead atoms. The second-order valence-corrected chi connectivity index (χ2v) is 12.0. The van der Waals surface area contributed by atoms with Crippen molar-refractivity contribution in [3.63, 3.8) is 0 Å². The third kappa shape index (κ3) is 10.3. The molecule has 1 aromatic heterocycles. The highest BCUT2D eigenvalue weighted by molar-refractivity contribution is 5.96. The number of methoxy groups -OCH3 is 1. The number of anilines is 4. The van der Waals surface area contributed by atoms with E-state index in [9.17, 15) is 14.4 Å². The maximum Gasteiger partial charge on any atom is 0.328 e. The number of carbonyl (C=O) groups is 3. The van der Waals surface area contributed by atoms with Crippen molar-refractivity contribution in [2.45, 2.75) is 51.1 Å². The smallest absolute Gasteiger partial charge is 0.328 e. The van der Waals surface area contributed by atoms with Gasteiger partial charge >= 0.3 is 11.9 Å². The molecule has 3 aliphatic heterocycles. The first-order valence-electron chi connectivity index (χ1n) is 16.4. The maximum atomic E-state index is 12.3. The number of piperazine rings is 1. The predicted molar refractivity (Wildman–Crippen MR) is 182 cm³/mol. The number of hydrogen-bond donors (Lipinski definition) is 5. The van der Waals surface area contributed by atoms with E-state index >= 15 is 0 Å². The van der Waals surface area contributed by atoms with Crippen LogP contribution < -0.4 is 26.0 Å². The Kier molecular flexibility index (Phi) is 13.3. The third-order valence-corrected chi connectivity index (χ3v) is 8.77. The summed E-state index contributed by atoms with van der Waals surface area (Å²) in [5.74, 6) is -1.34. The molecule has 0 aliphatic carbocycles. The lowest BCUT2D eigenvalue weighted by molar-refractivity contribution is -0.134. The Balaban J connectivity index is 0.000000579. The summed E-state index contributed by atoms with van der Waals surface area (Å²) in [5.41, 5.74) is 8.40. The van der Waals surface area contributed by atoms with E-state index in [0.29, 0.717) is 36.3 Å². The average Bonchev–Trinajstić information content (AvgIpc) is 3.08. The first-order valence-corrected chi connectivity index (χ1v) is 16.4. The van der Waals surface area contributed by atoms with Gasteiger partial charge in [-0.15, -0.1) is 0 Å². The highest BCUT2D eigenvalue weighted by Gasteiger charge is 2.28. The number of nitrogens with two attached hydrogens (primary N) is 1. The SMILES string of the molecule is CCc1nc(C(N)=O)c(Nc2ccc(N3CCC(N4CCN(C)CC4)CC3)c(OC)c2)nc1NC1CCOCC1.O=C(O)/C=C/C(=O)O. The summed E-state index contributed by atoms with van der Waals surface area (Å²) in [7, 11) is 3.90. The number of benzene rings is 1. The van der Waals surface area contributed by atoms with Crippen molar-refractivity contribution in [1.29, 1.82) is 0 Å². The van der Waals surface area contributed by atoms with E-state index in [0.717, 1.165) is 101 Å². The molecule has 0 unspecified atom stereocenters. The number of nitrogens with zero attached hydrogens (tertiary/aromatic N) is 5. The van der Waals surface area contributed by atoms with Gasteiger partial charge in [-0.1, -0.05) is 6.92 Å². The molecule has 3 aliphatic rings. The minimum Gasteiger partial charge on any atom is -0.495 e. The van der Waals surface area contributed by atoms with Crippen molar-refractivity contribution in [2.24, 2.45) is 5.73 Å². The fourth-order valence-electron chi connectivity index (χ4n) is 6.08. The van der Waals surface area contributed by atoms with Gasteiger partial charge in [0.2, 0.25) is 0 Å². The molecule has 1 amide bonds. The normalized spacial score (nSPS) is 18.2. The summed E-state index contributed by atoms with van der Waals surface area (Å²) >= 11 is 0. The lowest BCUT2D eigenvalue weighted by atomic mass is 10.0. The van der Waals surface area contributed by atoms with Gasteiger partial charge in [-0.05, 0) is 51.3 Å². The van der Waals surface area contributed by atoms with Gasteiger partial charge in [0.05, 0.1) is 18.5 Å². The largest absolute Gasteiger partial charge is 0.495 e. The van der Waals surface area contributed by atoms with E-state index < -0.39 is 17.8 Å². The Bertz CT molecular complexity index is 1420. The van der Waals surface area contributed by atoms with Crippen LogP contribution in [0.25, 0.3) is 0 Å². The van der Waals surface area contributed by atoms with Crippen molar-refractivity contribution in [1.82, 2.24) is 19.8 Å². The molecule has 262 valence electrons. The van der Waals surface area contributed by atoms with Crippen LogP contribution in [-0.2, 0) is 20.7 Å². The minimum absolute atomic E-state index is 0.128. The van der Waals surface area contributed by atoms with Gasteiger partial charge in [0, 0.05) is 88.5 Å². The highest BCUT2D eigenvalue weighted by Crippen LogP contribution is 2.35. The number of aliphatic carboxylic acids is 2. The summed E-state index contributed by atoms with van der Waals surface area (Å²) in [6.07, 6.45) is 5.85. The molecule has 48 heavy (non-hydrogen) atoms. The van der Waals surface area contributed by atoms with Gasteiger partial charge in [-0.3, -0.25) is 9.69 Å². The second kappa shape index (κ2) is 17.6. The molecule has 15 heteroatoms. The molecule has 3 fully saturated rings. The van der Waals surface area contributed by atoms with Crippen molar-refractivity contribution in [3.8, 4) is 5.75 Å². The molecule has 3 saturated heterocycles. The van der Waals surface area contributed by atoms with Gasteiger partial charge in [-0.25, -0.2) is 19.6 Å². The number of carbonyl (C=O) groups excluding carboxylic acids is 1. The van der Waals surface area contributed by atoms with Crippen molar-refractivity contribution < 1.29 is 34.1 Å². The van der Waals surface area contributed by atoms with Gasteiger partial charge in [0.15, 0.2) is 17.3 Å². The molecule has 2 aromatic rings. The van der Waals surface area contributed by atoms with E-state index in [1.165, 1.54) is 0 Å². The number of carboxylic acids is 2. The molecule has 4 heterocycles. The van der Waals surface area contributed by atoms with E-state index in [4.69, 9.17) is 30.4 Å². The number of aromatic nitrogens is 2. The molecule has 5 rings (SSSR count). The van der Waals surface area contributed by atoms with Crippen LogP contribution in [-0.4, -0.2) is 127 Å². The Morgan fingerprint density at radius 2 is 1.62 bits per heavy atom. The number of ether oxygens (including phenoxy) is 2. The summed E-state index contributed by atoms with van der Waals surface area (Å²) in [4.78, 5) is 48.3. The third-order valence-electron chi connectivity index (χ3n) is 8.77. The molecular formula is C33H48N8O7. The fraction of sp³-hybridized carbons (Fsp3) is 0.545. The van der Waals surface area contributed by atoms with Crippen LogP contribution in [0.3, 0.4) is 0 Å². The molecule has 0 spiro atoms. The number of hydrogen-bond acceptors (Lipinski definition) is 12. The average molecular weight is 669 g/mol. The number of piperidine rings is 1. The van der Waals surface area contributed by atoms with Crippen LogP contribution in [0, 0.1) is 0 Å². The number of primary amides is 1. The number of likely N-dealkylation sites (N-methyl/N-ethyl adjacent to an activating group) is 1. The van der Waals surface area contributed by atoms with E-state index in [1.54, 1.807) is 7.11 Å². The second-order valence-electron chi connectivity index (χ2n) is 12.0.